The van der Waals surface area contributed by atoms with Gasteiger partial charge in [0.15, 0.2) is 11.2 Å². The maximum absolute atomic E-state index is 13.4. The van der Waals surface area contributed by atoms with E-state index in [0.717, 1.165) is 30.5 Å². The molecule has 8 heteroatoms. The maximum Gasteiger partial charge on any atom is 0.330 e. The standard InChI is InChI=1S/C22H30FN5O2/c1-5-6-10-28-20-19(21(29)26-22(28)30)27(11-9-14(2)3)18(25-20)13-24-17-8-7-16(23)12-15(17)4/h7-8,12,14,24H,5-6,9-11,13H2,1-4H3,(H,26,29,30). The fourth-order valence-electron chi connectivity index (χ4n) is 3.50. The normalized spacial score (nSPS) is 11.5. The van der Waals surface area contributed by atoms with Gasteiger partial charge in [0.2, 0.25) is 0 Å². The first-order valence-electron chi connectivity index (χ1n) is 10.5. The van der Waals surface area contributed by atoms with Crippen LogP contribution in [0.25, 0.3) is 11.2 Å². The molecule has 3 rings (SSSR count). The summed E-state index contributed by atoms with van der Waals surface area (Å²) >= 11 is 0. The third-order valence-electron chi connectivity index (χ3n) is 5.26. The first-order chi connectivity index (χ1) is 14.3. The zero-order valence-corrected chi connectivity index (χ0v) is 18.1. The van der Waals surface area contributed by atoms with Crippen molar-refractivity contribution in [2.24, 2.45) is 5.92 Å². The Labute approximate surface area is 175 Å². The summed E-state index contributed by atoms with van der Waals surface area (Å²) < 4.78 is 16.9. The minimum Gasteiger partial charge on any atom is -0.378 e. The average Bonchev–Trinajstić information content (AvgIpc) is 3.04. The number of benzene rings is 1. The zero-order valence-electron chi connectivity index (χ0n) is 18.1. The Morgan fingerprint density at radius 3 is 2.63 bits per heavy atom. The van der Waals surface area contributed by atoms with Crippen LogP contribution in [0.4, 0.5) is 10.1 Å². The van der Waals surface area contributed by atoms with Gasteiger partial charge in [-0.2, -0.15) is 0 Å². The lowest BCUT2D eigenvalue weighted by atomic mass is 10.1. The molecule has 0 amide bonds. The number of aryl methyl sites for hydroxylation is 3. The Morgan fingerprint density at radius 2 is 1.97 bits per heavy atom. The highest BCUT2D eigenvalue weighted by atomic mass is 19.1. The number of anilines is 1. The Hall–Kier alpha value is -2.90. The van der Waals surface area contributed by atoms with Crippen LogP contribution < -0.4 is 16.6 Å². The summed E-state index contributed by atoms with van der Waals surface area (Å²) in [5, 5.41) is 3.29. The fourth-order valence-corrected chi connectivity index (χ4v) is 3.50. The molecule has 0 bridgehead atoms. The van der Waals surface area contributed by atoms with Crippen molar-refractivity contribution in [2.75, 3.05) is 5.32 Å². The van der Waals surface area contributed by atoms with Crippen LogP contribution in [0, 0.1) is 18.7 Å². The summed E-state index contributed by atoms with van der Waals surface area (Å²) in [6.45, 7) is 9.63. The molecule has 3 aromatic rings. The molecular weight excluding hydrogens is 385 g/mol. The topological polar surface area (TPSA) is 84.7 Å². The fraction of sp³-hybridized carbons (Fsp3) is 0.500. The van der Waals surface area contributed by atoms with Gasteiger partial charge in [-0.1, -0.05) is 27.2 Å². The lowest BCUT2D eigenvalue weighted by molar-refractivity contribution is 0.513. The lowest BCUT2D eigenvalue weighted by Gasteiger charge is -2.13. The second-order valence-corrected chi connectivity index (χ2v) is 8.11. The Kier molecular flexibility index (Phi) is 6.74. The molecule has 0 spiro atoms. The largest absolute Gasteiger partial charge is 0.378 e. The first-order valence-corrected chi connectivity index (χ1v) is 10.5. The highest BCUT2D eigenvalue weighted by Gasteiger charge is 2.18. The molecule has 2 heterocycles. The van der Waals surface area contributed by atoms with Gasteiger partial charge >= 0.3 is 5.69 Å². The van der Waals surface area contributed by atoms with Crippen molar-refractivity contribution in [3.63, 3.8) is 0 Å². The Balaban J connectivity index is 2.06. The summed E-state index contributed by atoms with van der Waals surface area (Å²) in [7, 11) is 0. The molecule has 2 N–H and O–H groups in total. The molecule has 0 saturated heterocycles. The number of nitrogens with zero attached hydrogens (tertiary/aromatic N) is 3. The maximum atomic E-state index is 13.4. The highest BCUT2D eigenvalue weighted by Crippen LogP contribution is 2.19. The summed E-state index contributed by atoms with van der Waals surface area (Å²) in [6, 6.07) is 4.57. The molecule has 0 aliphatic carbocycles. The molecule has 1 aromatic carbocycles. The van der Waals surface area contributed by atoms with Crippen LogP contribution in [0.5, 0.6) is 0 Å². The van der Waals surface area contributed by atoms with E-state index in [1.165, 1.54) is 12.1 Å². The molecule has 0 aliphatic heterocycles. The molecule has 0 radical (unpaired) electrons. The van der Waals surface area contributed by atoms with E-state index < -0.39 is 11.2 Å². The van der Waals surface area contributed by atoms with Crippen LogP contribution in [0.3, 0.4) is 0 Å². The van der Waals surface area contributed by atoms with E-state index in [9.17, 15) is 14.0 Å². The number of H-pyrrole nitrogens is 1. The van der Waals surface area contributed by atoms with Crippen LogP contribution in [0.2, 0.25) is 0 Å². The number of fused-ring (bicyclic) bond motifs is 1. The molecular formula is C22H30FN5O2. The van der Waals surface area contributed by atoms with Gasteiger partial charge in [-0.3, -0.25) is 14.3 Å². The summed E-state index contributed by atoms with van der Waals surface area (Å²) in [4.78, 5) is 32.2. The lowest BCUT2D eigenvalue weighted by Crippen LogP contribution is -2.31. The number of nitrogens with one attached hydrogen (secondary N) is 2. The van der Waals surface area contributed by atoms with Crippen LogP contribution in [0.15, 0.2) is 27.8 Å². The van der Waals surface area contributed by atoms with Crippen LogP contribution >= 0.6 is 0 Å². The van der Waals surface area contributed by atoms with E-state index >= 15 is 0 Å². The number of imidazole rings is 1. The minimum absolute atomic E-state index is 0.284. The minimum atomic E-state index is -0.427. The van der Waals surface area contributed by atoms with Gasteiger partial charge in [0.25, 0.3) is 5.56 Å². The summed E-state index contributed by atoms with van der Waals surface area (Å²) in [6.07, 6.45) is 2.63. The molecule has 2 aromatic heterocycles. The van der Waals surface area contributed by atoms with E-state index in [-0.39, 0.29) is 5.82 Å². The van der Waals surface area contributed by atoms with Crippen molar-refractivity contribution in [1.29, 1.82) is 0 Å². The van der Waals surface area contributed by atoms with Gasteiger partial charge in [-0.25, -0.2) is 14.2 Å². The number of halogens is 1. The molecule has 162 valence electrons. The molecule has 0 aliphatic rings. The monoisotopic (exact) mass is 415 g/mol. The van der Waals surface area contributed by atoms with E-state index in [4.69, 9.17) is 4.98 Å². The molecule has 30 heavy (non-hydrogen) atoms. The van der Waals surface area contributed by atoms with E-state index in [0.29, 0.717) is 42.5 Å². The number of rotatable bonds is 9. The van der Waals surface area contributed by atoms with E-state index in [1.807, 2.05) is 11.5 Å². The van der Waals surface area contributed by atoms with Gasteiger partial charge in [-0.15, -0.1) is 0 Å². The number of aromatic amines is 1. The van der Waals surface area contributed by atoms with Crippen molar-refractivity contribution in [2.45, 2.75) is 66.6 Å². The number of hydrogen-bond donors (Lipinski definition) is 2. The van der Waals surface area contributed by atoms with Gasteiger partial charge in [-0.05, 0) is 49.4 Å². The van der Waals surface area contributed by atoms with E-state index in [2.05, 4.69) is 31.1 Å². The van der Waals surface area contributed by atoms with Crippen molar-refractivity contribution in [3.8, 4) is 0 Å². The Bertz CT molecular complexity index is 1140. The van der Waals surface area contributed by atoms with Gasteiger partial charge in [0.05, 0.1) is 6.54 Å². The predicted octanol–water partition coefficient (Wildman–Crippen LogP) is 3.79. The summed E-state index contributed by atoms with van der Waals surface area (Å²) in [5.41, 5.74) is 1.60. The first kappa shape index (κ1) is 21.8. The van der Waals surface area contributed by atoms with Crippen molar-refractivity contribution < 1.29 is 4.39 Å². The number of aromatic nitrogens is 4. The Morgan fingerprint density at radius 1 is 1.20 bits per heavy atom. The quantitative estimate of drug-likeness (QED) is 0.557. The molecule has 0 fully saturated rings. The van der Waals surface area contributed by atoms with E-state index in [1.54, 1.807) is 10.6 Å². The van der Waals surface area contributed by atoms with Crippen LogP contribution in [-0.4, -0.2) is 19.1 Å². The molecule has 0 saturated carbocycles. The molecule has 0 unspecified atom stereocenters. The average molecular weight is 416 g/mol. The van der Waals surface area contributed by atoms with Crippen LogP contribution in [-0.2, 0) is 19.6 Å². The third kappa shape index (κ3) is 4.63. The number of hydrogen-bond acceptors (Lipinski definition) is 4. The smallest absolute Gasteiger partial charge is 0.330 e. The van der Waals surface area contributed by atoms with Gasteiger partial charge < -0.3 is 9.88 Å². The van der Waals surface area contributed by atoms with Gasteiger partial charge in [0, 0.05) is 18.8 Å². The van der Waals surface area contributed by atoms with Crippen molar-refractivity contribution >= 4 is 16.9 Å². The van der Waals surface area contributed by atoms with Crippen molar-refractivity contribution in [1.82, 2.24) is 19.1 Å². The number of unbranched alkanes of at least 4 members (excludes halogenated alkanes) is 1. The van der Waals surface area contributed by atoms with Crippen molar-refractivity contribution in [3.05, 3.63) is 56.2 Å². The SMILES string of the molecule is CCCCn1c(=O)[nH]c(=O)c2c1nc(CNc1ccc(F)cc1C)n2CCC(C)C. The van der Waals surface area contributed by atoms with Gasteiger partial charge in [0.1, 0.15) is 11.6 Å². The zero-order chi connectivity index (χ0) is 21.8. The molecule has 0 atom stereocenters. The molecule has 7 nitrogen and oxygen atoms in total. The predicted molar refractivity (Wildman–Crippen MR) is 117 cm³/mol. The third-order valence-corrected chi connectivity index (χ3v) is 5.26. The highest BCUT2D eigenvalue weighted by molar-refractivity contribution is 5.71. The van der Waals surface area contributed by atoms with Crippen LogP contribution in [0.1, 0.15) is 51.4 Å². The second kappa shape index (κ2) is 9.28. The summed E-state index contributed by atoms with van der Waals surface area (Å²) in [5.74, 6) is 0.845. The second-order valence-electron chi connectivity index (χ2n) is 8.11.